The van der Waals surface area contributed by atoms with Gasteiger partial charge in [-0.05, 0) is 18.8 Å². The lowest BCUT2D eigenvalue weighted by Gasteiger charge is -2.42. The van der Waals surface area contributed by atoms with E-state index in [9.17, 15) is 0 Å². The highest BCUT2D eigenvalue weighted by atomic mass is 16.7. The molecule has 1 saturated carbocycles. The molecule has 2 aliphatic heterocycles. The third-order valence-corrected chi connectivity index (χ3v) is 5.02. The predicted molar refractivity (Wildman–Crippen MR) is 55.0 cm³/mol. The van der Waals surface area contributed by atoms with Crippen LogP contribution in [-0.2, 0) is 9.57 Å². The van der Waals surface area contributed by atoms with Crippen molar-refractivity contribution in [2.75, 3.05) is 20.3 Å². The predicted octanol–water partition coefficient (Wildman–Crippen LogP) is 1.21. The molecule has 4 aliphatic rings. The molecule has 2 saturated heterocycles. The lowest BCUT2D eigenvalue weighted by atomic mass is 9.66. The molecule has 0 aromatic heterocycles. The maximum atomic E-state index is 6.06. The molecule has 0 N–H and O–H groups in total. The molecular weight excluding hydrogens is 190 g/mol. The zero-order valence-corrected chi connectivity index (χ0v) is 9.06. The van der Waals surface area contributed by atoms with Crippen LogP contribution < -0.4 is 0 Å². The number of hydrogen-bond acceptors (Lipinski definition) is 3. The van der Waals surface area contributed by atoms with E-state index in [4.69, 9.17) is 9.57 Å². The number of hydroxylamine groups is 2. The summed E-state index contributed by atoms with van der Waals surface area (Å²) in [6, 6.07) is 0.483. The maximum Gasteiger partial charge on any atom is 0.0935 e. The molecule has 0 unspecified atom stereocenters. The minimum absolute atomic E-state index is 0.381. The van der Waals surface area contributed by atoms with Gasteiger partial charge in [0.1, 0.15) is 0 Å². The van der Waals surface area contributed by atoms with Gasteiger partial charge in [-0.2, -0.15) is 5.06 Å². The summed E-state index contributed by atoms with van der Waals surface area (Å²) in [7, 11) is 2.07. The molecular formula is C12H17NO2. The molecule has 3 heteroatoms. The van der Waals surface area contributed by atoms with Gasteiger partial charge in [-0.25, -0.2) is 0 Å². The van der Waals surface area contributed by atoms with E-state index < -0.39 is 0 Å². The molecule has 15 heavy (non-hydrogen) atoms. The van der Waals surface area contributed by atoms with Gasteiger partial charge in [-0.3, -0.25) is 4.84 Å². The normalized spacial score (nSPS) is 57.1. The van der Waals surface area contributed by atoms with Gasteiger partial charge in [0.15, 0.2) is 0 Å². The van der Waals surface area contributed by atoms with Crippen molar-refractivity contribution in [2.45, 2.75) is 25.0 Å². The first-order valence-electron chi connectivity index (χ1n) is 5.98. The van der Waals surface area contributed by atoms with Gasteiger partial charge < -0.3 is 4.74 Å². The number of fused-ring (bicyclic) bond motifs is 3. The van der Waals surface area contributed by atoms with Crippen molar-refractivity contribution in [1.82, 2.24) is 5.06 Å². The molecule has 0 aromatic rings. The minimum atomic E-state index is 0.381. The van der Waals surface area contributed by atoms with Crippen LogP contribution in [0.5, 0.6) is 0 Å². The van der Waals surface area contributed by atoms with Gasteiger partial charge in [-0.15, -0.1) is 0 Å². The van der Waals surface area contributed by atoms with Crippen molar-refractivity contribution in [2.24, 2.45) is 17.3 Å². The molecule has 3 fully saturated rings. The number of rotatable bonds is 0. The van der Waals surface area contributed by atoms with Crippen LogP contribution in [0.15, 0.2) is 12.2 Å². The molecule has 4 rings (SSSR count). The summed E-state index contributed by atoms with van der Waals surface area (Å²) in [5.74, 6) is 1.41. The average Bonchev–Trinajstić information content (AvgIpc) is 2.88. The second-order valence-electron chi connectivity index (χ2n) is 5.42. The summed E-state index contributed by atoms with van der Waals surface area (Å²) in [5.41, 5.74) is 0.381. The minimum Gasteiger partial charge on any atom is -0.380 e. The Labute approximate surface area is 90.0 Å². The second-order valence-corrected chi connectivity index (χ2v) is 5.42. The topological polar surface area (TPSA) is 21.7 Å². The molecule has 3 nitrogen and oxygen atoms in total. The SMILES string of the molecule is CN1O[C@@H]2[C@H]3C=C[C@H](C3)[C@@]23CCOC[C@@H]13. The molecule has 82 valence electrons. The Morgan fingerprint density at radius 2 is 2.33 bits per heavy atom. The van der Waals surface area contributed by atoms with E-state index in [0.29, 0.717) is 23.5 Å². The van der Waals surface area contributed by atoms with Crippen LogP contribution in [0.25, 0.3) is 0 Å². The van der Waals surface area contributed by atoms with Crippen LogP contribution in [0, 0.1) is 17.3 Å². The summed E-state index contributed by atoms with van der Waals surface area (Å²) in [5, 5.41) is 2.07. The van der Waals surface area contributed by atoms with Crippen LogP contribution >= 0.6 is 0 Å². The Hall–Kier alpha value is -0.380. The summed E-state index contributed by atoms with van der Waals surface area (Å²) >= 11 is 0. The summed E-state index contributed by atoms with van der Waals surface area (Å²) < 4.78 is 5.62. The third-order valence-electron chi connectivity index (χ3n) is 5.02. The molecule has 0 radical (unpaired) electrons. The molecule has 1 spiro atoms. The van der Waals surface area contributed by atoms with Crippen LogP contribution in [0.3, 0.4) is 0 Å². The fraction of sp³-hybridized carbons (Fsp3) is 0.833. The van der Waals surface area contributed by atoms with Crippen LogP contribution in [0.4, 0.5) is 0 Å². The third kappa shape index (κ3) is 0.846. The van der Waals surface area contributed by atoms with E-state index in [2.05, 4.69) is 24.3 Å². The van der Waals surface area contributed by atoms with Crippen LogP contribution in [0.2, 0.25) is 0 Å². The first-order valence-corrected chi connectivity index (χ1v) is 5.98. The maximum absolute atomic E-state index is 6.06. The fourth-order valence-corrected chi connectivity index (χ4v) is 4.36. The van der Waals surface area contributed by atoms with Crippen molar-refractivity contribution in [1.29, 1.82) is 0 Å². The number of nitrogens with zero attached hydrogens (tertiary/aromatic N) is 1. The largest absolute Gasteiger partial charge is 0.380 e. The lowest BCUT2D eigenvalue weighted by molar-refractivity contribution is -0.157. The van der Waals surface area contributed by atoms with Gasteiger partial charge in [0.05, 0.1) is 18.8 Å². The molecule has 2 bridgehead atoms. The smallest absolute Gasteiger partial charge is 0.0935 e. The second kappa shape index (κ2) is 2.65. The summed E-state index contributed by atoms with van der Waals surface area (Å²) in [6.45, 7) is 1.77. The van der Waals surface area contributed by atoms with E-state index >= 15 is 0 Å². The monoisotopic (exact) mass is 207 g/mol. The Kier molecular flexibility index (Phi) is 1.54. The Bertz CT molecular complexity index is 330. The first-order chi connectivity index (χ1) is 7.32. The zero-order chi connectivity index (χ0) is 10.0. The van der Waals surface area contributed by atoms with Crippen LogP contribution in [0.1, 0.15) is 12.8 Å². The molecule has 0 amide bonds. The van der Waals surface area contributed by atoms with E-state index in [-0.39, 0.29) is 0 Å². The number of likely N-dealkylation sites (N-methyl/N-ethyl adjacent to an activating group) is 1. The van der Waals surface area contributed by atoms with Gasteiger partial charge in [-0.1, -0.05) is 12.2 Å². The quantitative estimate of drug-likeness (QED) is 0.557. The number of ether oxygens (including phenoxy) is 1. The van der Waals surface area contributed by atoms with E-state index in [1.54, 1.807) is 0 Å². The lowest BCUT2D eigenvalue weighted by Crippen LogP contribution is -2.51. The zero-order valence-electron chi connectivity index (χ0n) is 9.06. The summed E-state index contributed by atoms with van der Waals surface area (Å²) in [4.78, 5) is 6.06. The summed E-state index contributed by atoms with van der Waals surface area (Å²) in [6.07, 6.45) is 7.73. The highest BCUT2D eigenvalue weighted by Gasteiger charge is 2.66. The molecule has 5 atom stereocenters. The highest BCUT2D eigenvalue weighted by molar-refractivity contribution is 5.25. The Morgan fingerprint density at radius 1 is 1.40 bits per heavy atom. The molecule has 2 aliphatic carbocycles. The van der Waals surface area contributed by atoms with Gasteiger partial charge in [0.2, 0.25) is 0 Å². The van der Waals surface area contributed by atoms with Crippen molar-refractivity contribution in [3.8, 4) is 0 Å². The standard InChI is InChI=1S/C12H17NO2/c1-13-10-7-14-5-4-12(10)9-3-2-8(6-9)11(12)15-13/h2-3,8-11H,4-7H2,1H3/t8-,9+,10+,11+,12+/m0/s1. The van der Waals surface area contributed by atoms with Gasteiger partial charge >= 0.3 is 0 Å². The van der Waals surface area contributed by atoms with Crippen LogP contribution in [-0.4, -0.2) is 37.5 Å². The Morgan fingerprint density at radius 3 is 3.27 bits per heavy atom. The number of hydrogen-bond donors (Lipinski definition) is 0. The van der Waals surface area contributed by atoms with E-state index in [1.807, 2.05) is 0 Å². The highest BCUT2D eigenvalue weighted by Crippen LogP contribution is 2.62. The van der Waals surface area contributed by atoms with Gasteiger partial charge in [0, 0.05) is 25.0 Å². The van der Waals surface area contributed by atoms with Crippen molar-refractivity contribution in [3.05, 3.63) is 12.2 Å². The molecule has 2 heterocycles. The van der Waals surface area contributed by atoms with Crippen molar-refractivity contribution in [3.63, 3.8) is 0 Å². The Balaban J connectivity index is 1.82. The van der Waals surface area contributed by atoms with E-state index in [1.165, 1.54) is 12.8 Å². The van der Waals surface area contributed by atoms with Crippen molar-refractivity contribution < 1.29 is 9.57 Å². The van der Waals surface area contributed by atoms with E-state index in [0.717, 1.165) is 19.1 Å². The average molecular weight is 207 g/mol. The first kappa shape index (κ1) is 8.74. The fourth-order valence-electron chi connectivity index (χ4n) is 4.36. The molecule has 0 aromatic carbocycles. The van der Waals surface area contributed by atoms with Gasteiger partial charge in [0.25, 0.3) is 0 Å². The number of allylic oxidation sites excluding steroid dienone is 1. The van der Waals surface area contributed by atoms with Crippen molar-refractivity contribution >= 4 is 0 Å².